The van der Waals surface area contributed by atoms with E-state index in [4.69, 9.17) is 16.2 Å². The van der Waals surface area contributed by atoms with E-state index in [-0.39, 0.29) is 0 Å². The van der Waals surface area contributed by atoms with E-state index in [9.17, 15) is 0 Å². The second-order valence-electron chi connectivity index (χ2n) is 4.91. The molecule has 2 aromatic rings. The second kappa shape index (κ2) is 5.43. The van der Waals surface area contributed by atoms with Gasteiger partial charge in [0.15, 0.2) is 5.79 Å². The zero-order valence-electron chi connectivity index (χ0n) is 11.4. The van der Waals surface area contributed by atoms with Gasteiger partial charge in [-0.3, -0.25) is 11.2 Å². The van der Waals surface area contributed by atoms with Crippen LogP contribution in [0.15, 0.2) is 59.6 Å². The summed E-state index contributed by atoms with van der Waals surface area (Å²) in [7, 11) is 0. The molecule has 1 unspecified atom stereocenters. The average molecular weight is 283 g/mol. The Hall–Kier alpha value is -2.57. The van der Waals surface area contributed by atoms with E-state index < -0.39 is 5.79 Å². The number of nitrogens with two attached hydrogens (primary N) is 2. The van der Waals surface area contributed by atoms with E-state index in [0.29, 0.717) is 12.4 Å². The topological polar surface area (TPSA) is 97.7 Å². The third kappa shape index (κ3) is 3.31. The Kier molecular flexibility index (Phi) is 3.47. The summed E-state index contributed by atoms with van der Waals surface area (Å²) in [4.78, 5) is 4.12. The van der Waals surface area contributed by atoms with Crippen molar-refractivity contribution in [1.82, 2.24) is 10.9 Å². The van der Waals surface area contributed by atoms with Crippen molar-refractivity contribution >= 4 is 5.96 Å². The largest absolute Gasteiger partial charge is 0.457 e. The van der Waals surface area contributed by atoms with E-state index in [1.54, 1.807) is 0 Å². The molecule has 108 valence electrons. The lowest BCUT2D eigenvalue weighted by molar-refractivity contribution is 0.359. The number of hydrazine groups is 1. The Balaban J connectivity index is 1.67. The van der Waals surface area contributed by atoms with Crippen molar-refractivity contribution in [2.24, 2.45) is 16.5 Å². The number of ether oxygens (including phenoxy) is 1. The first-order chi connectivity index (χ1) is 10.1. The number of para-hydroxylation sites is 1. The monoisotopic (exact) mass is 283 g/mol. The predicted octanol–water partition coefficient (Wildman–Crippen LogP) is 1.06. The lowest BCUT2D eigenvalue weighted by Gasteiger charge is -2.20. The molecule has 0 aliphatic carbocycles. The molecule has 0 fully saturated rings. The van der Waals surface area contributed by atoms with Crippen molar-refractivity contribution in [3.05, 3.63) is 60.2 Å². The fraction of sp³-hybridized carbons (Fsp3) is 0.133. The van der Waals surface area contributed by atoms with Gasteiger partial charge in [-0.05, 0) is 29.8 Å². The molecule has 1 atom stereocenters. The van der Waals surface area contributed by atoms with Gasteiger partial charge in [0.2, 0.25) is 5.96 Å². The Labute approximate surface area is 122 Å². The minimum atomic E-state index is -0.911. The summed E-state index contributed by atoms with van der Waals surface area (Å²) in [5.41, 5.74) is 18.2. The van der Waals surface area contributed by atoms with Crippen molar-refractivity contribution < 1.29 is 4.74 Å². The molecule has 1 aliphatic heterocycles. The summed E-state index contributed by atoms with van der Waals surface area (Å²) >= 11 is 0. The van der Waals surface area contributed by atoms with Gasteiger partial charge in [0.05, 0.1) is 0 Å². The third-order valence-electron chi connectivity index (χ3n) is 3.10. The average Bonchev–Trinajstić information content (AvgIpc) is 2.81. The molecule has 6 nitrogen and oxygen atoms in total. The molecule has 0 saturated heterocycles. The number of hydrogen-bond donors (Lipinski definition) is 4. The second-order valence-corrected chi connectivity index (χ2v) is 4.91. The van der Waals surface area contributed by atoms with Crippen LogP contribution in [0.4, 0.5) is 0 Å². The fourth-order valence-corrected chi connectivity index (χ4v) is 2.14. The molecule has 6 heteroatoms. The molecular weight excluding hydrogens is 266 g/mol. The maximum absolute atomic E-state index is 6.07. The van der Waals surface area contributed by atoms with Gasteiger partial charge < -0.3 is 10.5 Å². The van der Waals surface area contributed by atoms with Crippen molar-refractivity contribution in [3.8, 4) is 11.5 Å². The first-order valence-electron chi connectivity index (χ1n) is 6.62. The molecule has 0 radical (unpaired) electrons. The molecule has 0 saturated carbocycles. The van der Waals surface area contributed by atoms with E-state index in [2.05, 4.69) is 15.8 Å². The molecule has 0 aromatic heterocycles. The van der Waals surface area contributed by atoms with E-state index in [0.717, 1.165) is 17.1 Å². The molecular formula is C15H17N5O. The van der Waals surface area contributed by atoms with Crippen LogP contribution in [0.1, 0.15) is 5.56 Å². The molecule has 2 aromatic carbocycles. The maximum Gasteiger partial charge on any atom is 0.206 e. The normalized spacial score (nSPS) is 20.7. The summed E-state index contributed by atoms with van der Waals surface area (Å²) in [6, 6.07) is 17.4. The van der Waals surface area contributed by atoms with E-state index in [1.165, 1.54) is 0 Å². The van der Waals surface area contributed by atoms with Crippen molar-refractivity contribution in [2.75, 3.05) is 0 Å². The van der Waals surface area contributed by atoms with Crippen LogP contribution in [0.5, 0.6) is 11.5 Å². The minimum absolute atomic E-state index is 0.293. The van der Waals surface area contributed by atoms with Crippen LogP contribution in [0, 0.1) is 0 Å². The Morgan fingerprint density at radius 2 is 1.67 bits per heavy atom. The number of hydrogen-bond acceptors (Lipinski definition) is 6. The van der Waals surface area contributed by atoms with E-state index in [1.807, 2.05) is 54.6 Å². The van der Waals surface area contributed by atoms with Crippen molar-refractivity contribution in [1.29, 1.82) is 0 Å². The molecule has 0 bridgehead atoms. The molecule has 3 rings (SSSR count). The van der Waals surface area contributed by atoms with Crippen molar-refractivity contribution in [2.45, 2.75) is 12.2 Å². The maximum atomic E-state index is 6.07. The fourth-order valence-electron chi connectivity index (χ4n) is 2.14. The first kappa shape index (κ1) is 13.4. The highest BCUT2D eigenvalue weighted by Gasteiger charge is 2.29. The highest BCUT2D eigenvalue weighted by Crippen LogP contribution is 2.22. The smallest absolute Gasteiger partial charge is 0.206 e. The highest BCUT2D eigenvalue weighted by atomic mass is 16.5. The van der Waals surface area contributed by atoms with Crippen LogP contribution >= 0.6 is 0 Å². The molecule has 6 N–H and O–H groups in total. The number of nitrogens with one attached hydrogen (secondary N) is 2. The Bertz CT molecular complexity index is 641. The number of aliphatic imine (C=N–C) groups is 1. The van der Waals surface area contributed by atoms with Crippen LogP contribution < -0.4 is 27.1 Å². The Morgan fingerprint density at radius 3 is 2.29 bits per heavy atom. The number of nitrogens with zero attached hydrogens (tertiary/aromatic N) is 1. The highest BCUT2D eigenvalue weighted by molar-refractivity contribution is 5.79. The van der Waals surface area contributed by atoms with Gasteiger partial charge in [0, 0.05) is 6.42 Å². The molecule has 0 amide bonds. The zero-order valence-corrected chi connectivity index (χ0v) is 11.4. The minimum Gasteiger partial charge on any atom is -0.457 e. The van der Waals surface area contributed by atoms with Gasteiger partial charge in [0.1, 0.15) is 11.5 Å². The van der Waals surface area contributed by atoms with Crippen LogP contribution in [0.3, 0.4) is 0 Å². The third-order valence-corrected chi connectivity index (χ3v) is 3.10. The summed E-state index contributed by atoms with van der Waals surface area (Å²) in [6.07, 6.45) is 0.520. The SMILES string of the molecule is NC1=NC(N)(Cc2ccc(Oc3ccccc3)cc2)NN1. The standard InChI is InChI=1S/C15H17N5O/c16-14-18-15(17,20-19-14)10-11-6-8-13(9-7-11)21-12-4-2-1-3-5-12/h1-9,20H,10,17H2,(H3,16,18,19). The zero-order chi connectivity index (χ0) is 14.7. The summed E-state index contributed by atoms with van der Waals surface area (Å²) in [6.45, 7) is 0. The van der Waals surface area contributed by atoms with Crippen LogP contribution in [0.25, 0.3) is 0 Å². The molecule has 1 aliphatic rings. The van der Waals surface area contributed by atoms with Crippen LogP contribution in [-0.2, 0) is 6.42 Å². The summed E-state index contributed by atoms with van der Waals surface area (Å²) < 4.78 is 5.74. The molecule has 1 heterocycles. The number of guanidine groups is 1. The van der Waals surface area contributed by atoms with Crippen LogP contribution in [-0.4, -0.2) is 11.7 Å². The van der Waals surface area contributed by atoms with Gasteiger partial charge in [-0.15, -0.1) is 0 Å². The quantitative estimate of drug-likeness (QED) is 0.672. The number of rotatable bonds is 4. The first-order valence-corrected chi connectivity index (χ1v) is 6.62. The molecule has 0 spiro atoms. The lowest BCUT2D eigenvalue weighted by Crippen LogP contribution is -2.54. The van der Waals surface area contributed by atoms with Gasteiger partial charge in [-0.2, -0.15) is 5.43 Å². The van der Waals surface area contributed by atoms with Gasteiger partial charge in [-0.1, -0.05) is 30.3 Å². The van der Waals surface area contributed by atoms with Gasteiger partial charge >= 0.3 is 0 Å². The lowest BCUT2D eigenvalue weighted by atomic mass is 10.1. The van der Waals surface area contributed by atoms with Gasteiger partial charge in [0.25, 0.3) is 0 Å². The predicted molar refractivity (Wildman–Crippen MR) is 81.5 cm³/mol. The summed E-state index contributed by atoms with van der Waals surface area (Å²) in [5.74, 6) is 0.962. The number of benzene rings is 2. The Morgan fingerprint density at radius 1 is 1.00 bits per heavy atom. The van der Waals surface area contributed by atoms with Gasteiger partial charge in [-0.25, -0.2) is 4.99 Å². The molecule has 21 heavy (non-hydrogen) atoms. The summed E-state index contributed by atoms with van der Waals surface area (Å²) in [5, 5.41) is 0. The van der Waals surface area contributed by atoms with Crippen LogP contribution in [0.2, 0.25) is 0 Å². The van der Waals surface area contributed by atoms with Crippen molar-refractivity contribution in [3.63, 3.8) is 0 Å². The van der Waals surface area contributed by atoms with E-state index >= 15 is 0 Å².